The molecule has 0 bridgehead atoms. The Kier molecular flexibility index (Phi) is 11.3. The van der Waals surface area contributed by atoms with Crippen molar-refractivity contribution in [2.75, 3.05) is 18.9 Å². The molecule has 0 atom stereocenters. The molecule has 0 aliphatic rings. The maximum atomic E-state index is 10.8. The molecule has 0 aliphatic heterocycles. The molecule has 29 heavy (non-hydrogen) atoms. The number of ether oxygens (including phenoxy) is 2. The molecular weight excluding hydrogens is 370 g/mol. The molecule has 0 amide bonds. The summed E-state index contributed by atoms with van der Waals surface area (Å²) in [5.74, 6) is -0.665. The summed E-state index contributed by atoms with van der Waals surface area (Å²) in [6.07, 6.45) is 4.83. The van der Waals surface area contributed by atoms with Crippen molar-refractivity contribution in [2.45, 2.75) is 32.6 Å². The van der Waals surface area contributed by atoms with Gasteiger partial charge in [0, 0.05) is 11.8 Å². The van der Waals surface area contributed by atoms with Crippen LogP contribution in [-0.4, -0.2) is 30.3 Å². The first-order chi connectivity index (χ1) is 13.9. The van der Waals surface area contributed by atoms with Crippen molar-refractivity contribution in [1.82, 2.24) is 0 Å². The molecule has 0 aliphatic carbocycles. The highest BCUT2D eigenvalue weighted by atomic mass is 16.5. The summed E-state index contributed by atoms with van der Waals surface area (Å²) in [4.78, 5) is 21.5. The van der Waals surface area contributed by atoms with Gasteiger partial charge in [-0.05, 0) is 69.0 Å². The number of carboxylic acid groups (broad SMARTS) is 1. The van der Waals surface area contributed by atoms with Gasteiger partial charge in [0.05, 0.1) is 18.8 Å². The highest BCUT2D eigenvalue weighted by Gasteiger charge is 2.02. The van der Waals surface area contributed by atoms with Crippen molar-refractivity contribution in [1.29, 1.82) is 0 Å². The number of carboxylic acids is 1. The van der Waals surface area contributed by atoms with Crippen LogP contribution in [0.5, 0.6) is 5.75 Å². The number of hydrogen-bond acceptors (Lipinski definition) is 5. The molecule has 0 unspecified atom stereocenters. The molecule has 156 valence electrons. The summed E-state index contributed by atoms with van der Waals surface area (Å²) in [5.41, 5.74) is 7.75. The fourth-order valence-corrected chi connectivity index (χ4v) is 2.24. The number of hydrogen-bond donors (Lipinski definition) is 2. The van der Waals surface area contributed by atoms with Crippen LogP contribution >= 0.6 is 0 Å². The van der Waals surface area contributed by atoms with Crippen molar-refractivity contribution in [3.05, 3.63) is 72.3 Å². The maximum absolute atomic E-state index is 10.8. The van der Waals surface area contributed by atoms with E-state index in [-0.39, 0.29) is 11.5 Å². The van der Waals surface area contributed by atoms with Crippen LogP contribution < -0.4 is 10.5 Å². The monoisotopic (exact) mass is 399 g/mol. The van der Waals surface area contributed by atoms with Crippen molar-refractivity contribution in [2.24, 2.45) is 0 Å². The van der Waals surface area contributed by atoms with E-state index in [0.29, 0.717) is 19.0 Å². The third-order valence-corrected chi connectivity index (χ3v) is 3.90. The van der Waals surface area contributed by atoms with Gasteiger partial charge in [0.1, 0.15) is 5.75 Å². The number of carbonyl (C=O) groups is 2. The third-order valence-electron chi connectivity index (χ3n) is 3.90. The van der Waals surface area contributed by atoms with E-state index in [4.69, 9.17) is 20.3 Å². The van der Waals surface area contributed by atoms with Gasteiger partial charge in [-0.25, -0.2) is 9.59 Å². The molecule has 0 saturated heterocycles. The molecule has 0 radical (unpaired) electrons. The fourth-order valence-electron chi connectivity index (χ4n) is 2.24. The van der Waals surface area contributed by atoms with Crippen LogP contribution in [0.3, 0.4) is 0 Å². The van der Waals surface area contributed by atoms with E-state index >= 15 is 0 Å². The molecule has 0 aromatic heterocycles. The fraction of sp³-hybridized carbons (Fsp3) is 0.304. The lowest BCUT2D eigenvalue weighted by Crippen LogP contribution is -2.02. The quantitative estimate of drug-likeness (QED) is 0.262. The van der Waals surface area contributed by atoms with Gasteiger partial charge in [-0.15, -0.1) is 0 Å². The minimum atomic E-state index is -0.946. The molecule has 2 aromatic rings. The first-order valence-electron chi connectivity index (χ1n) is 9.50. The Morgan fingerprint density at radius 3 is 2.07 bits per heavy atom. The highest BCUT2D eigenvalue weighted by Crippen LogP contribution is 2.13. The third kappa shape index (κ3) is 11.2. The van der Waals surface area contributed by atoms with E-state index < -0.39 is 5.97 Å². The van der Waals surface area contributed by atoms with E-state index in [1.807, 2.05) is 31.2 Å². The number of aryl methyl sites for hydroxylation is 1. The first-order valence-corrected chi connectivity index (χ1v) is 9.50. The van der Waals surface area contributed by atoms with Gasteiger partial charge < -0.3 is 20.3 Å². The summed E-state index contributed by atoms with van der Waals surface area (Å²) in [6, 6.07) is 14.1. The minimum Gasteiger partial charge on any atom is -0.494 e. The van der Waals surface area contributed by atoms with E-state index in [0.717, 1.165) is 37.4 Å². The molecule has 6 nitrogen and oxygen atoms in total. The van der Waals surface area contributed by atoms with Gasteiger partial charge in [0.15, 0.2) is 0 Å². The Morgan fingerprint density at radius 2 is 1.55 bits per heavy atom. The Balaban J connectivity index is 0.000000436. The number of nitrogens with two attached hydrogens (primary N) is 1. The summed E-state index contributed by atoms with van der Waals surface area (Å²) < 4.78 is 10.4. The zero-order chi connectivity index (χ0) is 21.5. The lowest BCUT2D eigenvalue weighted by Gasteiger charge is -2.06. The molecule has 0 saturated carbocycles. The van der Waals surface area contributed by atoms with E-state index in [1.165, 1.54) is 17.7 Å². The number of aromatic carboxylic acids is 1. The van der Waals surface area contributed by atoms with Crippen molar-refractivity contribution < 1.29 is 24.2 Å². The predicted octanol–water partition coefficient (Wildman–Crippen LogP) is 4.63. The molecule has 2 aromatic carbocycles. The molecule has 0 fully saturated rings. The highest BCUT2D eigenvalue weighted by molar-refractivity contribution is 5.87. The van der Waals surface area contributed by atoms with Crippen molar-refractivity contribution >= 4 is 17.6 Å². The number of carbonyl (C=O) groups excluding carboxylic acids is 1. The van der Waals surface area contributed by atoms with Crippen molar-refractivity contribution in [3.63, 3.8) is 0 Å². The van der Waals surface area contributed by atoms with Gasteiger partial charge in [-0.2, -0.15) is 0 Å². The SMILES string of the molecule is C=CC(=O)OCCCCCCOc1ccc(C(=O)O)cc1.Cc1ccc(N)cc1. The van der Waals surface area contributed by atoms with Gasteiger partial charge in [-0.1, -0.05) is 24.3 Å². The second-order valence-electron chi connectivity index (χ2n) is 6.37. The van der Waals surface area contributed by atoms with Crippen LogP contribution in [0.15, 0.2) is 61.2 Å². The number of anilines is 1. The number of nitrogen functional groups attached to an aromatic ring is 1. The first kappa shape index (κ1) is 23.8. The normalized spacial score (nSPS) is 9.69. The van der Waals surface area contributed by atoms with E-state index in [9.17, 15) is 9.59 Å². The summed E-state index contributed by atoms with van der Waals surface area (Å²) in [5, 5.41) is 8.77. The molecule has 2 rings (SSSR count). The largest absolute Gasteiger partial charge is 0.494 e. The van der Waals surface area contributed by atoms with Crippen LogP contribution in [0.25, 0.3) is 0 Å². The average molecular weight is 399 g/mol. The summed E-state index contributed by atoms with van der Waals surface area (Å²) >= 11 is 0. The van der Waals surface area contributed by atoms with Gasteiger partial charge in [-0.3, -0.25) is 0 Å². The molecular formula is C23H29NO5. The zero-order valence-electron chi connectivity index (χ0n) is 16.8. The zero-order valence-corrected chi connectivity index (χ0v) is 16.8. The number of unbranched alkanes of at least 4 members (excludes halogenated alkanes) is 3. The smallest absolute Gasteiger partial charge is 0.335 e. The number of benzene rings is 2. The second-order valence-corrected chi connectivity index (χ2v) is 6.37. The van der Waals surface area contributed by atoms with E-state index in [1.54, 1.807) is 12.1 Å². The Bertz CT molecular complexity index is 733. The lowest BCUT2D eigenvalue weighted by atomic mass is 10.2. The molecule has 0 spiro atoms. The average Bonchev–Trinajstić information content (AvgIpc) is 2.72. The second kappa shape index (κ2) is 13.8. The maximum Gasteiger partial charge on any atom is 0.335 e. The molecule has 0 heterocycles. The van der Waals surface area contributed by atoms with Crippen LogP contribution in [0.1, 0.15) is 41.6 Å². The van der Waals surface area contributed by atoms with Crippen LogP contribution in [0.2, 0.25) is 0 Å². The minimum absolute atomic E-state index is 0.247. The van der Waals surface area contributed by atoms with E-state index in [2.05, 4.69) is 6.58 Å². The lowest BCUT2D eigenvalue weighted by molar-refractivity contribution is -0.137. The topological polar surface area (TPSA) is 98.8 Å². The van der Waals surface area contributed by atoms with Gasteiger partial charge >= 0.3 is 11.9 Å². The standard InChI is InChI=1S/C16H20O5.C7H9N/c1-2-15(17)21-12-6-4-3-5-11-20-14-9-7-13(8-10-14)16(18)19;1-6-2-4-7(8)5-3-6/h2,7-10H,1,3-6,11-12H2,(H,18,19);2-5H,8H2,1H3. The molecule has 3 N–H and O–H groups in total. The Hall–Kier alpha value is -3.28. The predicted molar refractivity (Wildman–Crippen MR) is 114 cm³/mol. The number of rotatable bonds is 10. The Morgan fingerprint density at radius 1 is 0.966 bits per heavy atom. The van der Waals surface area contributed by atoms with Crippen LogP contribution in [0.4, 0.5) is 5.69 Å². The van der Waals surface area contributed by atoms with Crippen LogP contribution in [-0.2, 0) is 9.53 Å². The van der Waals surface area contributed by atoms with Crippen molar-refractivity contribution in [3.8, 4) is 5.75 Å². The summed E-state index contributed by atoms with van der Waals surface area (Å²) in [7, 11) is 0. The van der Waals surface area contributed by atoms with Gasteiger partial charge in [0.25, 0.3) is 0 Å². The number of esters is 1. The van der Waals surface area contributed by atoms with Gasteiger partial charge in [0.2, 0.25) is 0 Å². The summed E-state index contributed by atoms with van der Waals surface area (Å²) in [6.45, 7) is 6.36. The molecule has 6 heteroatoms. The Labute approximate surface area is 172 Å². The van der Waals surface area contributed by atoms with Crippen LogP contribution in [0, 0.1) is 6.92 Å².